The lowest BCUT2D eigenvalue weighted by atomic mass is 9.70. The fraction of sp³-hybridized carbons (Fsp3) is 0.0323. The molecule has 2 aliphatic rings. The van der Waals surface area contributed by atoms with Gasteiger partial charge in [-0.1, -0.05) is 103 Å². The monoisotopic (exact) mass is 406 g/mol. The van der Waals surface area contributed by atoms with Crippen LogP contribution in [0.25, 0.3) is 44.2 Å². The number of furan rings is 1. The zero-order valence-electron chi connectivity index (χ0n) is 17.3. The molecule has 32 heavy (non-hydrogen) atoms. The molecule has 0 bridgehead atoms. The highest BCUT2D eigenvalue weighted by molar-refractivity contribution is 6.13. The molecular formula is C31H18O. The Hall–Kier alpha value is -4.10. The van der Waals surface area contributed by atoms with Crippen LogP contribution in [0.4, 0.5) is 0 Å². The van der Waals surface area contributed by atoms with E-state index >= 15 is 0 Å². The van der Waals surface area contributed by atoms with Crippen molar-refractivity contribution in [3.8, 4) is 22.3 Å². The minimum Gasteiger partial charge on any atom is -0.455 e. The standard InChI is InChI=1S/C31H18O/c1-5-13-24-19(9-1)20-10-2-6-14-25(20)31(24)26-15-7-3-12-23(26)29-27(31)18-17-22-21-11-4-8-16-28(21)32-30(22)29/h1-18H. The third kappa shape index (κ3) is 1.71. The van der Waals surface area contributed by atoms with Gasteiger partial charge in [-0.3, -0.25) is 0 Å². The summed E-state index contributed by atoms with van der Waals surface area (Å²) in [5.74, 6) is 0. The van der Waals surface area contributed by atoms with Gasteiger partial charge in [-0.2, -0.15) is 0 Å². The second-order valence-corrected chi connectivity index (χ2v) is 8.85. The van der Waals surface area contributed by atoms with E-state index in [1.807, 2.05) is 6.07 Å². The summed E-state index contributed by atoms with van der Waals surface area (Å²) in [5.41, 5.74) is 12.2. The van der Waals surface area contributed by atoms with E-state index in [-0.39, 0.29) is 5.41 Å². The molecule has 0 saturated carbocycles. The van der Waals surface area contributed by atoms with E-state index in [0.717, 1.165) is 11.2 Å². The number of hydrogen-bond donors (Lipinski definition) is 0. The molecule has 0 aliphatic heterocycles. The smallest absolute Gasteiger partial charge is 0.143 e. The molecule has 0 saturated heterocycles. The van der Waals surface area contributed by atoms with Crippen LogP contribution in [-0.2, 0) is 5.41 Å². The van der Waals surface area contributed by atoms with Crippen LogP contribution in [0.2, 0.25) is 0 Å². The highest BCUT2D eigenvalue weighted by atomic mass is 16.3. The van der Waals surface area contributed by atoms with Gasteiger partial charge in [0.25, 0.3) is 0 Å². The molecule has 0 atom stereocenters. The van der Waals surface area contributed by atoms with E-state index < -0.39 is 0 Å². The van der Waals surface area contributed by atoms with Crippen LogP contribution < -0.4 is 0 Å². The minimum atomic E-state index is -0.313. The summed E-state index contributed by atoms with van der Waals surface area (Å²) in [5, 5.41) is 2.36. The van der Waals surface area contributed by atoms with Gasteiger partial charge >= 0.3 is 0 Å². The van der Waals surface area contributed by atoms with Gasteiger partial charge in [0, 0.05) is 16.3 Å². The average Bonchev–Trinajstić information content (AvgIpc) is 3.48. The molecule has 0 N–H and O–H groups in total. The number of para-hydroxylation sites is 1. The van der Waals surface area contributed by atoms with Gasteiger partial charge in [0.1, 0.15) is 11.2 Å². The van der Waals surface area contributed by atoms with Gasteiger partial charge in [-0.25, -0.2) is 0 Å². The van der Waals surface area contributed by atoms with E-state index in [1.54, 1.807) is 0 Å². The molecule has 1 spiro atoms. The Morgan fingerprint density at radius 3 is 1.72 bits per heavy atom. The van der Waals surface area contributed by atoms with Crippen molar-refractivity contribution in [2.24, 2.45) is 0 Å². The number of rotatable bonds is 0. The third-order valence-corrected chi connectivity index (χ3v) is 7.50. The van der Waals surface area contributed by atoms with E-state index in [1.165, 1.54) is 55.3 Å². The lowest BCUT2D eigenvalue weighted by Gasteiger charge is -2.30. The zero-order chi connectivity index (χ0) is 20.9. The largest absolute Gasteiger partial charge is 0.455 e. The van der Waals surface area contributed by atoms with Crippen LogP contribution in [-0.4, -0.2) is 0 Å². The van der Waals surface area contributed by atoms with Crippen molar-refractivity contribution in [2.75, 3.05) is 0 Å². The molecule has 1 aromatic heterocycles. The normalized spacial score (nSPS) is 14.5. The van der Waals surface area contributed by atoms with Crippen molar-refractivity contribution >= 4 is 21.9 Å². The van der Waals surface area contributed by atoms with Crippen molar-refractivity contribution in [1.82, 2.24) is 0 Å². The Bertz CT molecular complexity index is 1690. The summed E-state index contributed by atoms with van der Waals surface area (Å²) in [6.45, 7) is 0. The van der Waals surface area contributed by atoms with E-state index in [4.69, 9.17) is 4.42 Å². The number of hydrogen-bond acceptors (Lipinski definition) is 1. The van der Waals surface area contributed by atoms with Crippen molar-refractivity contribution in [3.63, 3.8) is 0 Å². The summed E-state index contributed by atoms with van der Waals surface area (Å²) in [4.78, 5) is 0. The van der Waals surface area contributed by atoms with E-state index in [9.17, 15) is 0 Å². The first-order valence-electron chi connectivity index (χ1n) is 11.1. The maximum atomic E-state index is 6.53. The fourth-order valence-corrected chi connectivity index (χ4v) is 6.36. The molecule has 6 aromatic rings. The molecule has 1 nitrogen and oxygen atoms in total. The van der Waals surface area contributed by atoms with Crippen LogP contribution in [0.15, 0.2) is 114 Å². The highest BCUT2D eigenvalue weighted by Crippen LogP contribution is 2.63. The summed E-state index contributed by atoms with van der Waals surface area (Å²) in [6, 6.07) is 39.7. The molecule has 1 heterocycles. The molecule has 0 amide bonds. The maximum Gasteiger partial charge on any atom is 0.143 e. The summed E-state index contributed by atoms with van der Waals surface area (Å²) in [6.07, 6.45) is 0. The highest BCUT2D eigenvalue weighted by Gasteiger charge is 2.52. The Balaban J connectivity index is 1.62. The predicted octanol–water partition coefficient (Wildman–Crippen LogP) is 7.93. The second-order valence-electron chi connectivity index (χ2n) is 8.85. The average molecular weight is 406 g/mol. The SMILES string of the molecule is c1ccc2c(c1)-c1ccccc1C21c2ccccc2-c2c1ccc1c2oc2ccccc21. The number of benzene rings is 5. The molecule has 1 heteroatoms. The van der Waals surface area contributed by atoms with Gasteiger partial charge in [-0.05, 0) is 45.0 Å². The Morgan fingerprint density at radius 1 is 0.438 bits per heavy atom. The first-order chi connectivity index (χ1) is 15.9. The molecule has 0 fully saturated rings. The van der Waals surface area contributed by atoms with Crippen LogP contribution in [0.3, 0.4) is 0 Å². The summed E-state index contributed by atoms with van der Waals surface area (Å²) >= 11 is 0. The molecule has 8 rings (SSSR count). The first-order valence-corrected chi connectivity index (χ1v) is 11.1. The molecular weight excluding hydrogens is 388 g/mol. The molecule has 0 radical (unpaired) electrons. The predicted molar refractivity (Wildman–Crippen MR) is 130 cm³/mol. The van der Waals surface area contributed by atoms with Gasteiger partial charge in [0.2, 0.25) is 0 Å². The Labute approximate surface area is 185 Å². The summed E-state index contributed by atoms with van der Waals surface area (Å²) in [7, 11) is 0. The van der Waals surface area contributed by atoms with E-state index in [0.29, 0.717) is 0 Å². The van der Waals surface area contributed by atoms with Crippen molar-refractivity contribution in [1.29, 1.82) is 0 Å². The van der Waals surface area contributed by atoms with Gasteiger partial charge in [0.05, 0.1) is 5.41 Å². The van der Waals surface area contributed by atoms with Crippen molar-refractivity contribution in [3.05, 3.63) is 131 Å². The molecule has 5 aromatic carbocycles. The first kappa shape index (κ1) is 16.6. The molecule has 2 aliphatic carbocycles. The summed E-state index contributed by atoms with van der Waals surface area (Å²) < 4.78 is 6.53. The quantitative estimate of drug-likeness (QED) is 0.249. The van der Waals surface area contributed by atoms with Gasteiger partial charge in [0.15, 0.2) is 0 Å². The van der Waals surface area contributed by atoms with E-state index in [2.05, 4.69) is 103 Å². The Morgan fingerprint density at radius 2 is 1.00 bits per heavy atom. The van der Waals surface area contributed by atoms with Crippen LogP contribution in [0.1, 0.15) is 22.3 Å². The van der Waals surface area contributed by atoms with Crippen LogP contribution in [0, 0.1) is 0 Å². The number of fused-ring (bicyclic) bond motifs is 14. The van der Waals surface area contributed by atoms with Crippen molar-refractivity contribution in [2.45, 2.75) is 5.41 Å². The Kier molecular flexibility index (Phi) is 2.89. The second kappa shape index (κ2) is 5.57. The van der Waals surface area contributed by atoms with Crippen molar-refractivity contribution < 1.29 is 4.42 Å². The molecule has 0 unspecified atom stereocenters. The lowest BCUT2D eigenvalue weighted by Crippen LogP contribution is -2.25. The van der Waals surface area contributed by atoms with Gasteiger partial charge in [-0.15, -0.1) is 0 Å². The lowest BCUT2D eigenvalue weighted by molar-refractivity contribution is 0.669. The minimum absolute atomic E-state index is 0.313. The van der Waals surface area contributed by atoms with Gasteiger partial charge < -0.3 is 4.42 Å². The van der Waals surface area contributed by atoms with Crippen LogP contribution >= 0.6 is 0 Å². The fourth-order valence-electron chi connectivity index (χ4n) is 6.36. The van der Waals surface area contributed by atoms with Crippen LogP contribution in [0.5, 0.6) is 0 Å². The topological polar surface area (TPSA) is 13.1 Å². The zero-order valence-corrected chi connectivity index (χ0v) is 17.3. The third-order valence-electron chi connectivity index (χ3n) is 7.50. The molecule has 148 valence electrons. The maximum absolute atomic E-state index is 6.53.